The average molecular weight is 328 g/mol. The van der Waals surface area contributed by atoms with Crippen LogP contribution in [0.5, 0.6) is 0 Å². The number of nitrogens with one attached hydrogen (secondary N) is 2. The van der Waals surface area contributed by atoms with Crippen molar-refractivity contribution < 1.29 is 13.6 Å². The Morgan fingerprint density at radius 1 is 1.29 bits per heavy atom. The molecule has 0 bridgehead atoms. The molecule has 124 valence electrons. The molecule has 0 saturated heterocycles. The summed E-state index contributed by atoms with van der Waals surface area (Å²) in [6.07, 6.45) is 3.32. The maximum absolute atomic E-state index is 12.9. The molecule has 1 atom stereocenters. The Morgan fingerprint density at radius 2 is 2.08 bits per heavy atom. The lowest BCUT2D eigenvalue weighted by atomic mass is 10.2. The van der Waals surface area contributed by atoms with E-state index in [-0.39, 0.29) is 24.4 Å². The van der Waals surface area contributed by atoms with Gasteiger partial charge in [0.1, 0.15) is 11.6 Å². The lowest BCUT2D eigenvalue weighted by Gasteiger charge is -2.11. The van der Waals surface area contributed by atoms with Gasteiger partial charge >= 0.3 is 6.03 Å². The highest BCUT2D eigenvalue weighted by atomic mass is 19.1. The molecule has 0 fully saturated rings. The van der Waals surface area contributed by atoms with Crippen molar-refractivity contribution in [3.05, 3.63) is 72.2 Å². The van der Waals surface area contributed by atoms with Crippen molar-refractivity contribution in [2.24, 2.45) is 0 Å². The minimum Gasteiger partial charge on any atom is -0.467 e. The highest BCUT2D eigenvalue weighted by Crippen LogP contribution is 2.12. The van der Waals surface area contributed by atoms with Gasteiger partial charge in [0.25, 0.3) is 0 Å². The predicted octanol–water partition coefficient (Wildman–Crippen LogP) is 3.16. The number of carbonyl (C=O) groups is 1. The lowest BCUT2D eigenvalue weighted by molar-refractivity contribution is 0.235. The Kier molecular flexibility index (Phi) is 4.60. The fourth-order valence-corrected chi connectivity index (χ4v) is 2.22. The standard InChI is InChI=1S/C17H17FN4O2/c1-12(16-3-2-10-24-16)20-17(23)19-11-14-8-9-22(21-14)15-6-4-13(18)5-7-15/h2-10,12H,11H2,1H3,(H2,19,20,23)/t12-/m0/s1. The van der Waals surface area contributed by atoms with Crippen LogP contribution in [0.1, 0.15) is 24.4 Å². The van der Waals surface area contributed by atoms with E-state index in [0.29, 0.717) is 11.5 Å². The van der Waals surface area contributed by atoms with Gasteiger partial charge in [0.2, 0.25) is 0 Å². The molecule has 0 saturated carbocycles. The van der Waals surface area contributed by atoms with Crippen molar-refractivity contribution >= 4 is 6.03 Å². The van der Waals surface area contributed by atoms with Crippen molar-refractivity contribution in [2.75, 3.05) is 0 Å². The highest BCUT2D eigenvalue weighted by molar-refractivity contribution is 5.74. The topological polar surface area (TPSA) is 72.1 Å². The van der Waals surface area contributed by atoms with E-state index in [1.54, 1.807) is 47.5 Å². The summed E-state index contributed by atoms with van der Waals surface area (Å²) < 4.78 is 19.8. The molecule has 0 aliphatic carbocycles. The quantitative estimate of drug-likeness (QED) is 0.755. The first kappa shape index (κ1) is 15.8. The van der Waals surface area contributed by atoms with E-state index in [1.165, 1.54) is 12.1 Å². The fourth-order valence-electron chi connectivity index (χ4n) is 2.22. The van der Waals surface area contributed by atoms with E-state index in [2.05, 4.69) is 15.7 Å². The number of rotatable bonds is 5. The fraction of sp³-hybridized carbons (Fsp3) is 0.176. The van der Waals surface area contributed by atoms with Crippen molar-refractivity contribution in [3.63, 3.8) is 0 Å². The van der Waals surface area contributed by atoms with Gasteiger partial charge in [0.05, 0.1) is 30.2 Å². The van der Waals surface area contributed by atoms with Crippen molar-refractivity contribution in [1.29, 1.82) is 0 Å². The van der Waals surface area contributed by atoms with Crippen LogP contribution in [0.4, 0.5) is 9.18 Å². The lowest BCUT2D eigenvalue weighted by Crippen LogP contribution is -2.36. The Bertz CT molecular complexity index is 796. The smallest absolute Gasteiger partial charge is 0.315 e. The van der Waals surface area contributed by atoms with Crippen molar-refractivity contribution in [3.8, 4) is 5.69 Å². The number of halogens is 1. The number of furan rings is 1. The third-order valence-electron chi connectivity index (χ3n) is 3.48. The van der Waals surface area contributed by atoms with Gasteiger partial charge in [0.15, 0.2) is 0 Å². The second-order valence-corrected chi connectivity index (χ2v) is 5.29. The first-order valence-corrected chi connectivity index (χ1v) is 7.50. The van der Waals surface area contributed by atoms with Crippen LogP contribution in [0.3, 0.4) is 0 Å². The van der Waals surface area contributed by atoms with E-state index >= 15 is 0 Å². The Hall–Kier alpha value is -3.09. The van der Waals surface area contributed by atoms with Crippen LogP contribution in [0.25, 0.3) is 5.69 Å². The molecule has 24 heavy (non-hydrogen) atoms. The summed E-state index contributed by atoms with van der Waals surface area (Å²) in [7, 11) is 0. The van der Waals surface area contributed by atoms with Crippen LogP contribution < -0.4 is 10.6 Å². The Labute approximate surface area is 138 Å². The molecule has 1 aromatic carbocycles. The number of carbonyl (C=O) groups excluding carboxylic acids is 1. The molecule has 0 unspecified atom stereocenters. The summed E-state index contributed by atoms with van der Waals surface area (Å²) in [5.41, 5.74) is 1.44. The Morgan fingerprint density at radius 3 is 2.79 bits per heavy atom. The number of amides is 2. The Balaban J connectivity index is 1.53. The van der Waals surface area contributed by atoms with Gasteiger partial charge in [-0.25, -0.2) is 13.9 Å². The van der Waals surface area contributed by atoms with Crippen LogP contribution in [0.15, 0.2) is 59.3 Å². The number of nitrogens with zero attached hydrogens (tertiary/aromatic N) is 2. The third-order valence-corrected chi connectivity index (χ3v) is 3.48. The van der Waals surface area contributed by atoms with E-state index < -0.39 is 0 Å². The van der Waals surface area contributed by atoms with Crippen LogP contribution in [-0.2, 0) is 6.54 Å². The minimum absolute atomic E-state index is 0.225. The first-order valence-electron chi connectivity index (χ1n) is 7.50. The summed E-state index contributed by atoms with van der Waals surface area (Å²) in [6, 6.07) is 10.8. The predicted molar refractivity (Wildman–Crippen MR) is 86.0 cm³/mol. The van der Waals surface area contributed by atoms with E-state index in [0.717, 1.165) is 5.69 Å². The number of hydrogen-bond acceptors (Lipinski definition) is 3. The average Bonchev–Trinajstić information content (AvgIpc) is 3.25. The van der Waals surface area contributed by atoms with Crippen LogP contribution in [0.2, 0.25) is 0 Å². The molecular weight excluding hydrogens is 311 g/mol. The van der Waals surface area contributed by atoms with Gasteiger partial charge < -0.3 is 15.1 Å². The molecular formula is C17H17FN4O2. The molecule has 0 aliphatic heterocycles. The SMILES string of the molecule is C[C@H](NC(=O)NCc1ccn(-c2ccc(F)cc2)n1)c1ccco1. The molecule has 0 aliphatic rings. The minimum atomic E-state index is -0.310. The van der Waals surface area contributed by atoms with Gasteiger partial charge in [-0.2, -0.15) is 5.10 Å². The molecule has 3 aromatic rings. The molecule has 2 amide bonds. The van der Waals surface area contributed by atoms with Crippen LogP contribution >= 0.6 is 0 Å². The zero-order valence-electron chi connectivity index (χ0n) is 13.1. The summed E-state index contributed by atoms with van der Waals surface area (Å²) in [5, 5.41) is 9.86. The molecule has 6 nitrogen and oxygen atoms in total. The summed E-state index contributed by atoms with van der Waals surface area (Å²) in [5.74, 6) is 0.390. The normalized spacial score (nSPS) is 11.9. The highest BCUT2D eigenvalue weighted by Gasteiger charge is 2.11. The largest absolute Gasteiger partial charge is 0.467 e. The number of aromatic nitrogens is 2. The molecule has 3 rings (SSSR count). The van der Waals surface area contributed by atoms with Gasteiger partial charge in [-0.1, -0.05) is 0 Å². The molecule has 0 spiro atoms. The number of urea groups is 1. The summed E-state index contributed by atoms with van der Waals surface area (Å²) in [6.45, 7) is 2.12. The van der Waals surface area contributed by atoms with E-state index in [1.807, 2.05) is 6.92 Å². The van der Waals surface area contributed by atoms with Crippen LogP contribution in [0, 0.1) is 5.82 Å². The van der Waals surface area contributed by atoms with Crippen molar-refractivity contribution in [2.45, 2.75) is 19.5 Å². The number of benzene rings is 1. The second-order valence-electron chi connectivity index (χ2n) is 5.29. The maximum Gasteiger partial charge on any atom is 0.315 e. The zero-order valence-corrected chi connectivity index (χ0v) is 13.1. The summed E-state index contributed by atoms with van der Waals surface area (Å²) in [4.78, 5) is 11.9. The van der Waals surface area contributed by atoms with Gasteiger partial charge in [-0.15, -0.1) is 0 Å². The second kappa shape index (κ2) is 6.99. The van der Waals surface area contributed by atoms with Gasteiger partial charge in [-0.3, -0.25) is 0 Å². The molecule has 2 aromatic heterocycles. The maximum atomic E-state index is 12.9. The van der Waals surface area contributed by atoms with Gasteiger partial charge in [0, 0.05) is 6.20 Å². The molecule has 7 heteroatoms. The third kappa shape index (κ3) is 3.81. The molecule has 0 radical (unpaired) electrons. The summed E-state index contributed by atoms with van der Waals surface area (Å²) >= 11 is 0. The monoisotopic (exact) mass is 328 g/mol. The first-order chi connectivity index (χ1) is 11.6. The molecule has 2 N–H and O–H groups in total. The van der Waals surface area contributed by atoms with Crippen molar-refractivity contribution in [1.82, 2.24) is 20.4 Å². The zero-order chi connectivity index (χ0) is 16.9. The van der Waals surface area contributed by atoms with E-state index in [4.69, 9.17) is 4.42 Å². The van der Waals surface area contributed by atoms with Gasteiger partial charge in [-0.05, 0) is 49.4 Å². The van der Waals surface area contributed by atoms with E-state index in [9.17, 15) is 9.18 Å². The van der Waals surface area contributed by atoms with Crippen LogP contribution in [-0.4, -0.2) is 15.8 Å². The number of hydrogen-bond donors (Lipinski definition) is 2. The molecule has 2 heterocycles.